The molecule has 2 amide bonds. The highest BCUT2D eigenvalue weighted by atomic mass is 16.6. The van der Waals surface area contributed by atoms with Gasteiger partial charge in [0.1, 0.15) is 36.0 Å². The Labute approximate surface area is 306 Å². The van der Waals surface area contributed by atoms with Gasteiger partial charge in [-0.1, -0.05) is 18.2 Å². The van der Waals surface area contributed by atoms with Crippen LogP contribution in [0.4, 0.5) is 10.5 Å². The lowest BCUT2D eigenvalue weighted by Gasteiger charge is -2.34. The molecule has 52 heavy (non-hydrogen) atoms. The van der Waals surface area contributed by atoms with Gasteiger partial charge in [-0.25, -0.2) is 9.37 Å². The summed E-state index contributed by atoms with van der Waals surface area (Å²) in [5.74, 6) is 0.576. The number of ketones is 2. The number of Topliss-reactive ketones (excluding diaryl/α,β-unsaturated/α-hetero) is 2. The number of nitrogens with zero attached hydrogens (tertiary/aromatic N) is 4. The first-order chi connectivity index (χ1) is 25.3. The molecule has 0 aromatic heterocycles. The Balaban J connectivity index is 1.23. The van der Waals surface area contributed by atoms with E-state index in [1.807, 2.05) is 29.2 Å². The third-order valence-electron chi connectivity index (χ3n) is 10.7. The number of rotatable bonds is 11. The zero-order valence-corrected chi connectivity index (χ0v) is 31.0. The smallest absolute Gasteiger partial charge is 0.409 e. The van der Waals surface area contributed by atoms with Crippen LogP contribution in [-0.2, 0) is 14.3 Å². The van der Waals surface area contributed by atoms with Crippen molar-refractivity contribution in [2.24, 2.45) is 5.92 Å². The van der Waals surface area contributed by atoms with Gasteiger partial charge in [0.15, 0.2) is 0 Å². The molecule has 6 rings (SSSR count). The third kappa shape index (κ3) is 7.76. The molecule has 0 radical (unpaired) electrons. The summed E-state index contributed by atoms with van der Waals surface area (Å²) in [6.45, 7) is 13.8. The Morgan fingerprint density at radius 1 is 0.885 bits per heavy atom. The van der Waals surface area contributed by atoms with Gasteiger partial charge in [0.2, 0.25) is 5.36 Å². The molecule has 2 aliphatic carbocycles. The predicted octanol–water partition coefficient (Wildman–Crippen LogP) is 6.48. The first kappa shape index (κ1) is 36.8. The molecule has 1 saturated heterocycles. The minimum Gasteiger partial charge on any atom is -0.456 e. The maximum Gasteiger partial charge on any atom is 0.409 e. The average Bonchev–Trinajstić information content (AvgIpc) is 3.17. The number of fused-ring (bicyclic) bond motifs is 2. The Morgan fingerprint density at radius 3 is 2.33 bits per heavy atom. The van der Waals surface area contributed by atoms with E-state index >= 15 is 0 Å². The van der Waals surface area contributed by atoms with Crippen molar-refractivity contribution in [1.82, 2.24) is 14.4 Å². The van der Waals surface area contributed by atoms with Gasteiger partial charge in [0.25, 0.3) is 5.91 Å². The second-order valence-corrected chi connectivity index (χ2v) is 13.7. The van der Waals surface area contributed by atoms with Gasteiger partial charge in [-0.2, -0.15) is 0 Å². The standard InChI is InChI=1S/C42H51N4O6/c1-5-43(6-2)30-16-19-35-38(26-30)52-39-27-31(44(7-3)8-4)17-20-36(39)40(35)33-13-9-10-14-34(33)41(49)45-21-23-46(24-22-45)42(50)51-25-11-12-29-15-18-32(47)28-37(29)48/h9-10,13-14,16-17,19-20,26-27,29H,5-8,11-12,15,18,21-25,28H2,1-4H3/q+1. The fraction of sp³-hybridized carbons (Fsp3) is 0.452. The lowest BCUT2D eigenvalue weighted by Crippen LogP contribution is -2.50. The number of piperazine rings is 1. The van der Waals surface area contributed by atoms with Crippen molar-refractivity contribution in [1.29, 1.82) is 0 Å². The number of carbonyl (C=O) groups is 4. The van der Waals surface area contributed by atoms with Crippen molar-refractivity contribution >= 4 is 40.2 Å². The van der Waals surface area contributed by atoms with Crippen molar-refractivity contribution in [3.05, 3.63) is 71.6 Å². The van der Waals surface area contributed by atoms with Crippen LogP contribution in [0, 0.1) is 5.92 Å². The minimum absolute atomic E-state index is 0.00225. The Bertz CT molecular complexity index is 1980. The lowest BCUT2D eigenvalue weighted by atomic mass is 9.84. The van der Waals surface area contributed by atoms with Crippen LogP contribution < -0.4 is 14.8 Å². The Hall–Kier alpha value is -4.99. The Morgan fingerprint density at radius 2 is 1.62 bits per heavy atom. The summed E-state index contributed by atoms with van der Waals surface area (Å²) >= 11 is 0. The maximum absolute atomic E-state index is 14.3. The average molecular weight is 708 g/mol. The van der Waals surface area contributed by atoms with E-state index in [2.05, 4.69) is 73.6 Å². The third-order valence-corrected chi connectivity index (χ3v) is 10.7. The SMILES string of the molecule is CCN(CC)c1ccc2c(-c3ccccc3C(=O)N3CCN(C(=O)OCCCC4CCC(=O)CC4=O)CC3)c3ccc(=[N+](CC)CC)cc-3oc2c1. The Kier molecular flexibility index (Phi) is 11.7. The van der Waals surface area contributed by atoms with E-state index in [0.29, 0.717) is 57.4 Å². The van der Waals surface area contributed by atoms with Gasteiger partial charge in [0.05, 0.1) is 19.1 Å². The van der Waals surface area contributed by atoms with Crippen LogP contribution >= 0.6 is 0 Å². The number of anilines is 1. The molecule has 10 nitrogen and oxygen atoms in total. The summed E-state index contributed by atoms with van der Waals surface area (Å²) in [5, 5.41) is 2.03. The number of ether oxygens (including phenoxy) is 1. The van der Waals surface area contributed by atoms with Crippen molar-refractivity contribution in [3.63, 3.8) is 0 Å². The molecular formula is C42H51N4O6+. The zero-order valence-electron chi connectivity index (χ0n) is 31.0. The molecule has 0 spiro atoms. The summed E-state index contributed by atoms with van der Waals surface area (Å²) in [6, 6.07) is 20.5. The van der Waals surface area contributed by atoms with E-state index in [9.17, 15) is 19.2 Å². The molecule has 2 aliphatic heterocycles. The highest BCUT2D eigenvalue weighted by Crippen LogP contribution is 2.42. The summed E-state index contributed by atoms with van der Waals surface area (Å²) in [5.41, 5.74) is 5.19. The van der Waals surface area contributed by atoms with E-state index in [4.69, 9.17) is 9.15 Å². The van der Waals surface area contributed by atoms with Crippen molar-refractivity contribution in [3.8, 4) is 22.5 Å². The minimum atomic E-state index is -0.406. The number of carbonyl (C=O) groups excluding carboxylic acids is 4. The predicted molar refractivity (Wildman–Crippen MR) is 204 cm³/mol. The molecule has 4 aliphatic rings. The summed E-state index contributed by atoms with van der Waals surface area (Å²) in [7, 11) is 0. The molecule has 2 heterocycles. The summed E-state index contributed by atoms with van der Waals surface area (Å²) < 4.78 is 14.5. The monoisotopic (exact) mass is 707 g/mol. The van der Waals surface area contributed by atoms with Crippen LogP contribution in [0.1, 0.15) is 70.2 Å². The largest absolute Gasteiger partial charge is 0.456 e. The first-order valence-electron chi connectivity index (χ1n) is 18.9. The molecule has 1 atom stereocenters. The first-order valence-corrected chi connectivity index (χ1v) is 18.9. The molecular weight excluding hydrogens is 656 g/mol. The second kappa shape index (κ2) is 16.6. The van der Waals surface area contributed by atoms with Crippen LogP contribution in [-0.4, -0.2) is 92.3 Å². The number of benzene rings is 3. The maximum atomic E-state index is 14.3. The summed E-state index contributed by atoms with van der Waals surface area (Å²) in [6.07, 6.45) is 1.86. The van der Waals surface area contributed by atoms with E-state index < -0.39 is 6.09 Å². The molecule has 0 bridgehead atoms. The number of amides is 2. The molecule has 274 valence electrons. The van der Waals surface area contributed by atoms with Crippen LogP contribution in [0.25, 0.3) is 33.4 Å². The van der Waals surface area contributed by atoms with Gasteiger partial charge in [-0.15, -0.1) is 0 Å². The number of hydrogen-bond donors (Lipinski definition) is 0. The normalized spacial score (nSPS) is 16.4. The van der Waals surface area contributed by atoms with Crippen LogP contribution in [0.5, 0.6) is 0 Å². The molecule has 1 saturated carbocycles. The van der Waals surface area contributed by atoms with Gasteiger partial charge < -0.3 is 23.9 Å². The van der Waals surface area contributed by atoms with Crippen LogP contribution in [0.15, 0.2) is 65.1 Å². The highest BCUT2D eigenvalue weighted by Gasteiger charge is 2.30. The van der Waals surface area contributed by atoms with E-state index in [0.717, 1.165) is 70.6 Å². The summed E-state index contributed by atoms with van der Waals surface area (Å²) in [4.78, 5) is 56.5. The van der Waals surface area contributed by atoms with Crippen LogP contribution in [0.3, 0.4) is 0 Å². The van der Waals surface area contributed by atoms with Gasteiger partial charge in [-0.3, -0.25) is 14.4 Å². The number of hydrogen-bond acceptors (Lipinski definition) is 7. The lowest BCUT2D eigenvalue weighted by molar-refractivity contribution is -0.132. The molecule has 1 unspecified atom stereocenters. The molecule has 2 fully saturated rings. The van der Waals surface area contributed by atoms with Crippen LogP contribution in [0.2, 0.25) is 0 Å². The molecule has 2 aromatic carbocycles. The zero-order chi connectivity index (χ0) is 36.8. The van der Waals surface area contributed by atoms with E-state index in [1.165, 1.54) is 0 Å². The molecule has 10 heteroatoms. The van der Waals surface area contributed by atoms with Gasteiger partial charge in [0, 0.05) is 91.5 Å². The van der Waals surface area contributed by atoms with Crippen molar-refractivity contribution in [2.45, 2.75) is 59.8 Å². The van der Waals surface area contributed by atoms with E-state index in [1.54, 1.807) is 4.90 Å². The van der Waals surface area contributed by atoms with Gasteiger partial charge in [-0.05, 0) is 76.8 Å². The van der Waals surface area contributed by atoms with E-state index in [-0.39, 0.29) is 36.4 Å². The fourth-order valence-electron chi connectivity index (χ4n) is 7.69. The fourth-order valence-corrected chi connectivity index (χ4v) is 7.69. The van der Waals surface area contributed by atoms with Crippen molar-refractivity contribution in [2.75, 3.05) is 63.9 Å². The van der Waals surface area contributed by atoms with Gasteiger partial charge >= 0.3 is 6.09 Å². The topological polar surface area (TPSA) is 103 Å². The van der Waals surface area contributed by atoms with Crippen molar-refractivity contribution < 1.29 is 28.3 Å². The molecule has 0 N–H and O–H groups in total. The highest BCUT2D eigenvalue weighted by molar-refractivity contribution is 6.09. The quantitative estimate of drug-likeness (QED) is 0.0762. The second-order valence-electron chi connectivity index (χ2n) is 13.7. The molecule has 2 aromatic rings.